The number of thiophene rings is 1. The first-order chi connectivity index (χ1) is 13.8. The molecule has 1 unspecified atom stereocenters. The van der Waals surface area contributed by atoms with E-state index < -0.39 is 12.8 Å². The lowest BCUT2D eigenvalue weighted by molar-refractivity contribution is -0.176. The van der Waals surface area contributed by atoms with Crippen LogP contribution in [-0.2, 0) is 17.9 Å². The average Bonchev–Trinajstić information content (AvgIpc) is 3.18. The maximum atomic E-state index is 12.1. The molecule has 0 aliphatic rings. The van der Waals surface area contributed by atoms with E-state index in [-0.39, 0.29) is 36.6 Å². The molecule has 10 heteroatoms. The van der Waals surface area contributed by atoms with Crippen LogP contribution in [0.15, 0.2) is 46.8 Å². The predicted molar refractivity (Wildman–Crippen MR) is 127 cm³/mol. The molecule has 0 bridgehead atoms. The van der Waals surface area contributed by atoms with Crippen LogP contribution in [-0.4, -0.2) is 51.3 Å². The van der Waals surface area contributed by atoms with Gasteiger partial charge in [-0.05, 0) is 36.7 Å². The Bertz CT molecular complexity index is 752. The van der Waals surface area contributed by atoms with E-state index in [1.165, 1.54) is 4.88 Å². The smallest absolute Gasteiger partial charge is 0.367 e. The Morgan fingerprint density at radius 1 is 1.13 bits per heavy atom. The van der Waals surface area contributed by atoms with Gasteiger partial charge >= 0.3 is 6.18 Å². The molecule has 2 aromatic rings. The van der Waals surface area contributed by atoms with Gasteiger partial charge in [-0.25, -0.2) is 0 Å². The van der Waals surface area contributed by atoms with Gasteiger partial charge in [0, 0.05) is 25.0 Å². The summed E-state index contributed by atoms with van der Waals surface area (Å²) in [6, 6.07) is 11.7. The highest BCUT2D eigenvalue weighted by Gasteiger charge is 2.27. The van der Waals surface area contributed by atoms with Gasteiger partial charge in [-0.1, -0.05) is 30.3 Å². The molecule has 1 atom stereocenters. The number of nitrogens with zero attached hydrogens (tertiary/aromatic N) is 2. The van der Waals surface area contributed by atoms with E-state index in [2.05, 4.69) is 36.7 Å². The first-order valence-corrected chi connectivity index (χ1v) is 10.0. The largest absolute Gasteiger partial charge is 0.411 e. The van der Waals surface area contributed by atoms with Gasteiger partial charge in [-0.2, -0.15) is 13.2 Å². The minimum atomic E-state index is -4.30. The number of guanidine groups is 1. The highest BCUT2D eigenvalue weighted by atomic mass is 127. The van der Waals surface area contributed by atoms with Crippen LogP contribution in [0.4, 0.5) is 13.2 Å². The van der Waals surface area contributed by atoms with Crippen molar-refractivity contribution in [3.05, 3.63) is 57.8 Å². The first-order valence-electron chi connectivity index (χ1n) is 9.15. The lowest BCUT2D eigenvalue weighted by Crippen LogP contribution is -2.41. The van der Waals surface area contributed by atoms with Crippen molar-refractivity contribution in [2.24, 2.45) is 4.99 Å². The molecular formula is C20H28F3IN4OS. The third kappa shape index (κ3) is 9.63. The summed E-state index contributed by atoms with van der Waals surface area (Å²) in [5.74, 6) is 0.686. The molecular weight excluding hydrogens is 528 g/mol. The molecule has 0 aliphatic heterocycles. The molecule has 30 heavy (non-hydrogen) atoms. The van der Waals surface area contributed by atoms with Gasteiger partial charge in [0.2, 0.25) is 0 Å². The highest BCUT2D eigenvalue weighted by molar-refractivity contribution is 14.0. The SMILES string of the molecule is CN=C(NCc1ccc(COCC(F)(F)F)cc1)NCC(c1cccs1)N(C)C.I. The Kier molecular flexibility index (Phi) is 11.7. The zero-order valence-electron chi connectivity index (χ0n) is 17.2. The van der Waals surface area contributed by atoms with Crippen molar-refractivity contribution >= 4 is 41.3 Å². The van der Waals surface area contributed by atoms with Crippen molar-refractivity contribution in [2.45, 2.75) is 25.4 Å². The molecule has 0 radical (unpaired) electrons. The van der Waals surface area contributed by atoms with Crippen molar-refractivity contribution in [3.8, 4) is 0 Å². The molecule has 0 amide bonds. The zero-order chi connectivity index (χ0) is 21.3. The summed E-state index contributed by atoms with van der Waals surface area (Å²) in [7, 11) is 5.80. The molecule has 1 aromatic heterocycles. The summed E-state index contributed by atoms with van der Waals surface area (Å²) in [6.07, 6.45) is -4.30. The van der Waals surface area contributed by atoms with Gasteiger partial charge in [-0.15, -0.1) is 35.3 Å². The third-order valence-corrected chi connectivity index (χ3v) is 5.17. The lowest BCUT2D eigenvalue weighted by Gasteiger charge is -2.24. The van der Waals surface area contributed by atoms with Gasteiger partial charge < -0.3 is 20.3 Å². The van der Waals surface area contributed by atoms with Crippen LogP contribution >= 0.6 is 35.3 Å². The summed E-state index contributed by atoms with van der Waals surface area (Å²) in [5, 5.41) is 8.66. The van der Waals surface area contributed by atoms with E-state index in [0.29, 0.717) is 24.6 Å². The minimum Gasteiger partial charge on any atom is -0.367 e. The van der Waals surface area contributed by atoms with Crippen LogP contribution < -0.4 is 10.6 Å². The van der Waals surface area contributed by atoms with Gasteiger partial charge in [0.1, 0.15) is 6.61 Å². The van der Waals surface area contributed by atoms with E-state index in [1.807, 2.05) is 32.3 Å². The molecule has 0 saturated heterocycles. The fourth-order valence-corrected chi connectivity index (χ4v) is 3.58. The Labute approximate surface area is 196 Å². The number of ether oxygens (including phenoxy) is 1. The number of rotatable bonds is 9. The summed E-state index contributed by atoms with van der Waals surface area (Å²) in [6.45, 7) is -0.0412. The molecule has 1 heterocycles. The fourth-order valence-electron chi connectivity index (χ4n) is 2.66. The number of likely N-dealkylation sites (N-methyl/N-ethyl adjacent to an activating group) is 1. The maximum Gasteiger partial charge on any atom is 0.411 e. The normalized spacial score (nSPS) is 13.1. The number of halogens is 4. The summed E-state index contributed by atoms with van der Waals surface area (Å²) < 4.78 is 41.0. The second kappa shape index (κ2) is 13.1. The molecule has 0 spiro atoms. The second-order valence-electron chi connectivity index (χ2n) is 6.73. The number of hydrogen-bond acceptors (Lipinski definition) is 4. The van der Waals surface area contributed by atoms with Crippen LogP contribution in [0.5, 0.6) is 0 Å². The lowest BCUT2D eigenvalue weighted by atomic mass is 10.1. The molecule has 0 aliphatic carbocycles. The third-order valence-electron chi connectivity index (χ3n) is 4.20. The van der Waals surface area contributed by atoms with Crippen molar-refractivity contribution in [1.82, 2.24) is 15.5 Å². The van der Waals surface area contributed by atoms with Crippen LogP contribution in [0.2, 0.25) is 0 Å². The second-order valence-corrected chi connectivity index (χ2v) is 7.71. The molecule has 5 nitrogen and oxygen atoms in total. The van der Waals surface area contributed by atoms with Crippen molar-refractivity contribution < 1.29 is 17.9 Å². The van der Waals surface area contributed by atoms with Crippen LogP contribution in [0.3, 0.4) is 0 Å². The van der Waals surface area contributed by atoms with Crippen molar-refractivity contribution in [1.29, 1.82) is 0 Å². The zero-order valence-corrected chi connectivity index (χ0v) is 20.3. The van der Waals surface area contributed by atoms with E-state index >= 15 is 0 Å². The predicted octanol–water partition coefficient (Wildman–Crippen LogP) is 4.41. The Morgan fingerprint density at radius 3 is 2.33 bits per heavy atom. The highest BCUT2D eigenvalue weighted by Crippen LogP contribution is 2.22. The fraction of sp³-hybridized carbons (Fsp3) is 0.450. The maximum absolute atomic E-state index is 12.1. The van der Waals surface area contributed by atoms with Gasteiger partial charge in [0.25, 0.3) is 0 Å². The number of nitrogens with one attached hydrogen (secondary N) is 2. The number of alkyl halides is 3. The van der Waals surface area contributed by atoms with Gasteiger partial charge in [-0.3, -0.25) is 4.99 Å². The Morgan fingerprint density at radius 2 is 1.80 bits per heavy atom. The monoisotopic (exact) mass is 556 g/mol. The van der Waals surface area contributed by atoms with E-state index in [1.54, 1.807) is 30.5 Å². The molecule has 2 rings (SSSR count). The first kappa shape index (κ1) is 26.7. The Balaban J connectivity index is 0.00000450. The van der Waals surface area contributed by atoms with Crippen molar-refractivity contribution in [3.63, 3.8) is 0 Å². The molecule has 0 saturated carbocycles. The standard InChI is InChI=1S/C20H27F3N4OS.HI/c1-24-19(26-12-17(27(2)3)18-5-4-10-29-18)25-11-15-6-8-16(9-7-15)13-28-14-20(21,22)23;/h4-10,17H,11-14H2,1-3H3,(H2,24,25,26);1H. The molecule has 1 aromatic carbocycles. The van der Waals surface area contributed by atoms with E-state index in [0.717, 1.165) is 5.56 Å². The van der Waals surface area contributed by atoms with Gasteiger partial charge in [0.05, 0.1) is 12.6 Å². The van der Waals surface area contributed by atoms with Crippen LogP contribution in [0, 0.1) is 0 Å². The van der Waals surface area contributed by atoms with Gasteiger partial charge in [0.15, 0.2) is 5.96 Å². The molecule has 0 fully saturated rings. The number of aliphatic imine (C=N–C) groups is 1. The molecule has 2 N–H and O–H groups in total. The summed E-state index contributed by atoms with van der Waals surface area (Å²) >= 11 is 1.72. The molecule has 168 valence electrons. The van der Waals surface area contributed by atoms with E-state index in [4.69, 9.17) is 0 Å². The van der Waals surface area contributed by atoms with E-state index in [9.17, 15) is 13.2 Å². The average molecular weight is 556 g/mol. The summed E-state index contributed by atoms with van der Waals surface area (Å²) in [5.41, 5.74) is 1.69. The topological polar surface area (TPSA) is 48.9 Å². The minimum absolute atomic E-state index is 0. The quantitative estimate of drug-likeness (QED) is 0.273. The summed E-state index contributed by atoms with van der Waals surface area (Å²) in [4.78, 5) is 7.69. The number of benzene rings is 1. The van der Waals surface area contributed by atoms with Crippen LogP contribution in [0.25, 0.3) is 0 Å². The van der Waals surface area contributed by atoms with Crippen LogP contribution in [0.1, 0.15) is 22.0 Å². The Hall–Kier alpha value is -1.37. The number of hydrogen-bond donors (Lipinski definition) is 2. The van der Waals surface area contributed by atoms with Crippen molar-refractivity contribution in [2.75, 3.05) is 34.3 Å².